The van der Waals surface area contributed by atoms with Gasteiger partial charge in [-0.15, -0.1) is 0 Å². The SMILES string of the molecule is CCOC(=O)CCN(C)c1nc(C)cc(C(N)=S)n1. The molecule has 1 aromatic rings. The molecule has 1 aromatic heterocycles. The maximum absolute atomic E-state index is 11.3. The molecule has 0 saturated heterocycles. The van der Waals surface area contributed by atoms with Crippen molar-refractivity contribution in [2.45, 2.75) is 20.3 Å². The van der Waals surface area contributed by atoms with Crippen molar-refractivity contribution in [2.24, 2.45) is 5.73 Å². The standard InChI is InChI=1S/C12H18N4O2S/c1-4-18-10(17)5-6-16(3)12-14-8(2)7-9(15-12)11(13)19/h7H,4-6H2,1-3H3,(H2,13,19). The fourth-order valence-electron chi connectivity index (χ4n) is 1.44. The highest BCUT2D eigenvalue weighted by Crippen LogP contribution is 2.09. The fourth-order valence-corrected chi connectivity index (χ4v) is 1.55. The maximum Gasteiger partial charge on any atom is 0.307 e. The minimum absolute atomic E-state index is 0.227. The lowest BCUT2D eigenvalue weighted by Gasteiger charge is -2.17. The summed E-state index contributed by atoms with van der Waals surface area (Å²) in [6.07, 6.45) is 0.282. The molecular formula is C12H18N4O2S. The minimum Gasteiger partial charge on any atom is -0.466 e. The first-order valence-electron chi connectivity index (χ1n) is 5.96. The molecule has 0 aliphatic carbocycles. The van der Waals surface area contributed by atoms with Crippen molar-refractivity contribution in [3.8, 4) is 0 Å². The van der Waals surface area contributed by atoms with E-state index in [9.17, 15) is 4.79 Å². The lowest BCUT2D eigenvalue weighted by Crippen LogP contribution is -2.25. The highest BCUT2D eigenvalue weighted by atomic mass is 32.1. The smallest absolute Gasteiger partial charge is 0.307 e. The third-order valence-corrected chi connectivity index (χ3v) is 2.60. The van der Waals surface area contributed by atoms with Crippen LogP contribution in [0.25, 0.3) is 0 Å². The Hall–Kier alpha value is -1.76. The van der Waals surface area contributed by atoms with Crippen LogP contribution in [0.1, 0.15) is 24.7 Å². The zero-order valence-electron chi connectivity index (χ0n) is 11.3. The summed E-state index contributed by atoms with van der Waals surface area (Å²) in [4.78, 5) is 21.8. The predicted octanol–water partition coefficient (Wildman–Crippen LogP) is 0.809. The number of nitrogens with two attached hydrogens (primary N) is 1. The Morgan fingerprint density at radius 2 is 2.21 bits per heavy atom. The number of ether oxygens (including phenoxy) is 1. The fraction of sp³-hybridized carbons (Fsp3) is 0.500. The largest absolute Gasteiger partial charge is 0.466 e. The minimum atomic E-state index is -0.239. The summed E-state index contributed by atoms with van der Waals surface area (Å²) in [7, 11) is 1.80. The summed E-state index contributed by atoms with van der Waals surface area (Å²) < 4.78 is 4.87. The summed E-state index contributed by atoms with van der Waals surface area (Å²) in [5, 5.41) is 0. The number of aryl methyl sites for hydroxylation is 1. The van der Waals surface area contributed by atoms with Crippen LogP contribution in [0.15, 0.2) is 6.07 Å². The van der Waals surface area contributed by atoms with Crippen molar-refractivity contribution >= 4 is 29.1 Å². The van der Waals surface area contributed by atoms with E-state index in [1.165, 1.54) is 0 Å². The molecule has 7 heteroatoms. The van der Waals surface area contributed by atoms with Crippen LogP contribution in [0, 0.1) is 6.92 Å². The van der Waals surface area contributed by atoms with Gasteiger partial charge in [0, 0.05) is 19.3 Å². The second-order valence-corrected chi connectivity index (χ2v) is 4.48. The molecule has 0 aliphatic rings. The van der Waals surface area contributed by atoms with E-state index in [2.05, 4.69) is 9.97 Å². The zero-order valence-corrected chi connectivity index (χ0v) is 12.2. The predicted molar refractivity (Wildman–Crippen MR) is 77.2 cm³/mol. The van der Waals surface area contributed by atoms with Gasteiger partial charge in [-0.2, -0.15) is 0 Å². The van der Waals surface area contributed by atoms with E-state index >= 15 is 0 Å². The van der Waals surface area contributed by atoms with Crippen LogP contribution in [0.3, 0.4) is 0 Å². The van der Waals surface area contributed by atoms with Gasteiger partial charge >= 0.3 is 5.97 Å². The van der Waals surface area contributed by atoms with Crippen LogP contribution in [0.4, 0.5) is 5.95 Å². The van der Waals surface area contributed by atoms with Gasteiger partial charge in [-0.1, -0.05) is 12.2 Å². The van der Waals surface area contributed by atoms with E-state index < -0.39 is 0 Å². The third-order valence-electron chi connectivity index (χ3n) is 2.39. The van der Waals surface area contributed by atoms with Crippen LogP contribution in [-0.2, 0) is 9.53 Å². The average molecular weight is 282 g/mol. The molecule has 19 heavy (non-hydrogen) atoms. The number of carbonyl (C=O) groups excluding carboxylic acids is 1. The van der Waals surface area contributed by atoms with Gasteiger partial charge in [-0.3, -0.25) is 4.79 Å². The first-order valence-corrected chi connectivity index (χ1v) is 6.37. The second kappa shape index (κ2) is 6.98. The lowest BCUT2D eigenvalue weighted by atomic mass is 10.3. The normalized spacial score (nSPS) is 10.1. The van der Waals surface area contributed by atoms with Gasteiger partial charge in [0.05, 0.1) is 13.0 Å². The van der Waals surface area contributed by atoms with Crippen LogP contribution >= 0.6 is 12.2 Å². The van der Waals surface area contributed by atoms with Crippen molar-refractivity contribution in [3.63, 3.8) is 0 Å². The molecule has 0 radical (unpaired) electrons. The first-order chi connectivity index (χ1) is 8.93. The number of hydrogen-bond acceptors (Lipinski definition) is 6. The summed E-state index contributed by atoms with van der Waals surface area (Å²) >= 11 is 4.90. The molecule has 6 nitrogen and oxygen atoms in total. The molecule has 0 saturated carbocycles. The first kappa shape index (κ1) is 15.3. The van der Waals surface area contributed by atoms with Crippen LogP contribution < -0.4 is 10.6 Å². The topological polar surface area (TPSA) is 81.3 Å². The molecular weight excluding hydrogens is 264 g/mol. The van der Waals surface area contributed by atoms with E-state index in [0.29, 0.717) is 24.8 Å². The Labute approximate surface area is 118 Å². The lowest BCUT2D eigenvalue weighted by molar-refractivity contribution is -0.142. The highest BCUT2D eigenvalue weighted by Gasteiger charge is 2.11. The van der Waals surface area contributed by atoms with Gasteiger partial charge in [0.25, 0.3) is 0 Å². The number of anilines is 1. The van der Waals surface area contributed by atoms with Gasteiger partial charge < -0.3 is 15.4 Å². The molecule has 0 fully saturated rings. The molecule has 1 heterocycles. The second-order valence-electron chi connectivity index (χ2n) is 4.04. The van der Waals surface area contributed by atoms with Crippen LogP contribution in [0.2, 0.25) is 0 Å². The van der Waals surface area contributed by atoms with Crippen molar-refractivity contribution < 1.29 is 9.53 Å². The number of nitrogens with zero attached hydrogens (tertiary/aromatic N) is 3. The van der Waals surface area contributed by atoms with Crippen LogP contribution in [-0.4, -0.2) is 41.1 Å². The van der Waals surface area contributed by atoms with E-state index in [0.717, 1.165) is 5.69 Å². The average Bonchev–Trinajstić information content (AvgIpc) is 2.35. The van der Waals surface area contributed by atoms with E-state index in [4.69, 9.17) is 22.7 Å². The molecule has 1 rings (SSSR count). The van der Waals surface area contributed by atoms with Gasteiger partial charge in [0.15, 0.2) is 0 Å². The molecule has 104 valence electrons. The van der Waals surface area contributed by atoms with E-state index in [1.807, 2.05) is 6.92 Å². The van der Waals surface area contributed by atoms with Crippen molar-refractivity contribution in [2.75, 3.05) is 25.1 Å². The molecule has 0 spiro atoms. The summed E-state index contributed by atoms with van der Waals surface area (Å²) in [5.74, 6) is 0.253. The summed E-state index contributed by atoms with van der Waals surface area (Å²) in [5.41, 5.74) is 6.86. The molecule has 0 unspecified atom stereocenters. The van der Waals surface area contributed by atoms with Crippen molar-refractivity contribution in [3.05, 3.63) is 17.5 Å². The van der Waals surface area contributed by atoms with E-state index in [1.54, 1.807) is 24.9 Å². The number of carbonyl (C=O) groups is 1. The van der Waals surface area contributed by atoms with Crippen LogP contribution in [0.5, 0.6) is 0 Å². The number of rotatable bonds is 6. The number of thiocarbonyl (C=S) groups is 1. The van der Waals surface area contributed by atoms with Gasteiger partial charge in [-0.25, -0.2) is 9.97 Å². The zero-order chi connectivity index (χ0) is 14.4. The molecule has 0 amide bonds. The number of aromatic nitrogens is 2. The third kappa shape index (κ3) is 4.78. The van der Waals surface area contributed by atoms with Gasteiger partial charge in [-0.05, 0) is 19.9 Å². The Bertz CT molecular complexity index is 479. The number of esters is 1. The molecule has 0 atom stereocenters. The Balaban J connectivity index is 2.73. The molecule has 2 N–H and O–H groups in total. The Morgan fingerprint density at radius 1 is 1.53 bits per heavy atom. The Morgan fingerprint density at radius 3 is 2.79 bits per heavy atom. The van der Waals surface area contributed by atoms with Gasteiger partial charge in [0.2, 0.25) is 5.95 Å². The summed E-state index contributed by atoms with van der Waals surface area (Å²) in [6, 6.07) is 1.73. The molecule has 0 bridgehead atoms. The van der Waals surface area contributed by atoms with Crippen molar-refractivity contribution in [1.82, 2.24) is 9.97 Å². The quantitative estimate of drug-likeness (QED) is 0.610. The number of hydrogen-bond donors (Lipinski definition) is 1. The van der Waals surface area contributed by atoms with Gasteiger partial charge in [0.1, 0.15) is 10.7 Å². The molecule has 0 aromatic carbocycles. The maximum atomic E-state index is 11.3. The Kier molecular flexibility index (Phi) is 5.62. The van der Waals surface area contributed by atoms with Crippen molar-refractivity contribution in [1.29, 1.82) is 0 Å². The monoisotopic (exact) mass is 282 g/mol. The highest BCUT2D eigenvalue weighted by molar-refractivity contribution is 7.80. The molecule has 0 aliphatic heterocycles. The van der Waals surface area contributed by atoms with E-state index in [-0.39, 0.29) is 17.4 Å². The summed E-state index contributed by atoms with van der Waals surface area (Å²) in [6.45, 7) is 4.47.